The molecule has 0 amide bonds. The molecule has 5 unspecified atom stereocenters. The van der Waals surface area contributed by atoms with Crippen LogP contribution in [0.1, 0.15) is 17.9 Å². The summed E-state index contributed by atoms with van der Waals surface area (Å²) in [5.41, 5.74) is 0.806. The summed E-state index contributed by atoms with van der Waals surface area (Å²) in [5.74, 6) is -2.08. The fourth-order valence-corrected chi connectivity index (χ4v) is 3.21. The third-order valence-corrected chi connectivity index (χ3v) is 3.96. The molecule has 1 aromatic heterocycles. The highest BCUT2D eigenvalue weighted by Crippen LogP contribution is 2.49. The van der Waals surface area contributed by atoms with Crippen LogP contribution in [0.25, 0.3) is 0 Å². The Kier molecular flexibility index (Phi) is 2.59. The molecule has 5 atom stereocenters. The van der Waals surface area contributed by atoms with Gasteiger partial charge in [-0.15, -0.1) is 0 Å². The van der Waals surface area contributed by atoms with Gasteiger partial charge < -0.3 is 5.32 Å². The highest BCUT2D eigenvalue weighted by atomic mass is 19.4. The number of fused-ring (bicyclic) bond motifs is 2. The number of nitrogens with one attached hydrogen (secondary N) is 1. The largest absolute Gasteiger partial charge is 0.396 e. The average Bonchev–Trinajstić information content (AvgIpc) is 2.86. The van der Waals surface area contributed by atoms with E-state index >= 15 is 0 Å². The minimum Gasteiger partial charge on any atom is -0.307 e. The summed E-state index contributed by atoms with van der Waals surface area (Å²) in [6.07, 6.45) is -2.82. The van der Waals surface area contributed by atoms with E-state index in [4.69, 9.17) is 0 Å². The molecule has 1 N–H and O–H groups in total. The fourth-order valence-electron chi connectivity index (χ4n) is 3.21. The number of alkyl halides is 4. The van der Waals surface area contributed by atoms with Crippen molar-refractivity contribution in [2.45, 2.75) is 36.8 Å². The molecule has 2 bridgehead atoms. The topological polar surface area (TPSA) is 24.9 Å². The molecule has 3 rings (SSSR count). The van der Waals surface area contributed by atoms with Gasteiger partial charge in [0.1, 0.15) is 12.1 Å². The number of halogens is 4. The van der Waals surface area contributed by atoms with Crippen molar-refractivity contribution in [2.75, 3.05) is 0 Å². The predicted octanol–water partition coefficient (Wildman–Crippen LogP) is 2.43. The normalized spacial score (nSPS) is 39.2. The molecule has 0 spiro atoms. The highest BCUT2D eigenvalue weighted by Gasteiger charge is 2.62. The van der Waals surface area contributed by atoms with Crippen molar-refractivity contribution in [1.29, 1.82) is 0 Å². The van der Waals surface area contributed by atoms with Gasteiger partial charge in [0.05, 0.1) is 0 Å². The molecule has 3 heterocycles. The van der Waals surface area contributed by atoms with Crippen LogP contribution in [0.5, 0.6) is 0 Å². The quantitative estimate of drug-likeness (QED) is 0.784. The maximum atomic E-state index is 13.9. The van der Waals surface area contributed by atoms with Gasteiger partial charge in [0.15, 0.2) is 0 Å². The molecule has 0 aliphatic carbocycles. The minimum absolute atomic E-state index is 0.211. The third kappa shape index (κ3) is 1.70. The Labute approximate surface area is 101 Å². The number of pyridine rings is 1. The lowest BCUT2D eigenvalue weighted by atomic mass is 9.77. The van der Waals surface area contributed by atoms with Gasteiger partial charge >= 0.3 is 6.18 Å². The summed E-state index contributed by atoms with van der Waals surface area (Å²) in [7, 11) is 0. The molecule has 2 fully saturated rings. The standard InChI is InChI=1S/C12H12F4N2/c13-10-9(12(14,15)16)8-4-7(11(10)18-8)6-2-1-3-17-5-6/h1-3,5,7-11,18H,4H2. The lowest BCUT2D eigenvalue weighted by molar-refractivity contribution is -0.193. The molecule has 0 aromatic carbocycles. The first kappa shape index (κ1) is 11.9. The maximum Gasteiger partial charge on any atom is 0.396 e. The second kappa shape index (κ2) is 3.91. The van der Waals surface area contributed by atoms with Crippen LogP contribution in [0, 0.1) is 5.92 Å². The van der Waals surface area contributed by atoms with Gasteiger partial charge in [-0.3, -0.25) is 4.98 Å². The SMILES string of the molecule is FC1C2NC(CC2c2cccnc2)C1C(F)(F)F. The van der Waals surface area contributed by atoms with Crippen molar-refractivity contribution in [2.24, 2.45) is 5.92 Å². The molecule has 0 radical (unpaired) electrons. The highest BCUT2D eigenvalue weighted by molar-refractivity contribution is 5.25. The number of nitrogens with zero attached hydrogens (tertiary/aromatic N) is 1. The molecule has 2 nitrogen and oxygen atoms in total. The summed E-state index contributed by atoms with van der Waals surface area (Å²) < 4.78 is 52.0. The summed E-state index contributed by atoms with van der Waals surface area (Å²) >= 11 is 0. The molecule has 2 aliphatic rings. The molecule has 6 heteroatoms. The zero-order valence-corrected chi connectivity index (χ0v) is 9.36. The van der Waals surface area contributed by atoms with Gasteiger partial charge in [-0.1, -0.05) is 6.07 Å². The molecule has 18 heavy (non-hydrogen) atoms. The summed E-state index contributed by atoms with van der Waals surface area (Å²) in [5, 5.41) is 2.76. The lowest BCUT2D eigenvalue weighted by Crippen LogP contribution is -2.42. The van der Waals surface area contributed by atoms with Gasteiger partial charge in [-0.25, -0.2) is 4.39 Å². The van der Waals surface area contributed by atoms with E-state index in [0.29, 0.717) is 6.42 Å². The Morgan fingerprint density at radius 1 is 1.33 bits per heavy atom. The van der Waals surface area contributed by atoms with Crippen LogP contribution in [0.2, 0.25) is 0 Å². The zero-order valence-electron chi connectivity index (χ0n) is 9.36. The van der Waals surface area contributed by atoms with Crippen LogP contribution in [-0.4, -0.2) is 29.4 Å². The fraction of sp³-hybridized carbons (Fsp3) is 0.583. The molecular weight excluding hydrogens is 248 g/mol. The van der Waals surface area contributed by atoms with Crippen LogP contribution in [0.3, 0.4) is 0 Å². The molecule has 98 valence electrons. The average molecular weight is 260 g/mol. The van der Waals surface area contributed by atoms with Crippen LogP contribution in [-0.2, 0) is 0 Å². The number of aromatic nitrogens is 1. The zero-order chi connectivity index (χ0) is 12.9. The van der Waals surface area contributed by atoms with E-state index in [9.17, 15) is 17.6 Å². The molecular formula is C12H12F4N2. The first-order valence-corrected chi connectivity index (χ1v) is 5.85. The molecule has 0 saturated carbocycles. The van der Waals surface area contributed by atoms with Crippen molar-refractivity contribution < 1.29 is 17.6 Å². The van der Waals surface area contributed by atoms with Gasteiger partial charge in [0, 0.05) is 30.4 Å². The van der Waals surface area contributed by atoms with Crippen molar-refractivity contribution in [3.63, 3.8) is 0 Å². The molecule has 2 saturated heterocycles. The molecule has 1 aromatic rings. The predicted molar refractivity (Wildman–Crippen MR) is 56.7 cm³/mol. The van der Waals surface area contributed by atoms with E-state index in [1.807, 2.05) is 0 Å². The first-order chi connectivity index (χ1) is 8.48. The minimum atomic E-state index is -4.47. The Hall–Kier alpha value is -1.17. The van der Waals surface area contributed by atoms with E-state index in [1.165, 1.54) is 0 Å². The summed E-state index contributed by atoms with van der Waals surface area (Å²) in [4.78, 5) is 3.93. The Bertz CT molecular complexity index is 431. The summed E-state index contributed by atoms with van der Waals surface area (Å²) in [6.45, 7) is 0. The van der Waals surface area contributed by atoms with Gasteiger partial charge in [0.2, 0.25) is 0 Å². The van der Waals surface area contributed by atoms with Crippen LogP contribution >= 0.6 is 0 Å². The van der Waals surface area contributed by atoms with Crippen LogP contribution < -0.4 is 5.32 Å². The Balaban J connectivity index is 1.84. The lowest BCUT2D eigenvalue weighted by Gasteiger charge is -2.30. The van der Waals surface area contributed by atoms with Crippen molar-refractivity contribution in [3.05, 3.63) is 30.1 Å². The van der Waals surface area contributed by atoms with E-state index in [2.05, 4.69) is 10.3 Å². The first-order valence-electron chi connectivity index (χ1n) is 5.85. The second-order valence-electron chi connectivity index (χ2n) is 4.94. The van der Waals surface area contributed by atoms with Crippen LogP contribution in [0.4, 0.5) is 17.6 Å². The smallest absolute Gasteiger partial charge is 0.307 e. The van der Waals surface area contributed by atoms with Gasteiger partial charge in [-0.05, 0) is 18.1 Å². The van der Waals surface area contributed by atoms with Gasteiger partial charge in [0.25, 0.3) is 0 Å². The maximum absolute atomic E-state index is 13.9. The number of hydrogen-bond donors (Lipinski definition) is 1. The Morgan fingerprint density at radius 3 is 2.67 bits per heavy atom. The van der Waals surface area contributed by atoms with E-state index in [0.717, 1.165) is 5.56 Å². The van der Waals surface area contributed by atoms with Crippen LogP contribution in [0.15, 0.2) is 24.5 Å². The van der Waals surface area contributed by atoms with Crippen molar-refractivity contribution >= 4 is 0 Å². The monoisotopic (exact) mass is 260 g/mol. The van der Waals surface area contributed by atoms with Gasteiger partial charge in [-0.2, -0.15) is 13.2 Å². The molecule has 2 aliphatic heterocycles. The van der Waals surface area contributed by atoms with E-state index < -0.39 is 30.3 Å². The van der Waals surface area contributed by atoms with Crippen molar-refractivity contribution in [3.8, 4) is 0 Å². The van der Waals surface area contributed by atoms with E-state index in [-0.39, 0.29) is 5.92 Å². The number of hydrogen-bond acceptors (Lipinski definition) is 2. The van der Waals surface area contributed by atoms with E-state index in [1.54, 1.807) is 24.5 Å². The second-order valence-corrected chi connectivity index (χ2v) is 4.94. The third-order valence-electron chi connectivity index (χ3n) is 3.96. The Morgan fingerprint density at radius 2 is 2.11 bits per heavy atom. The van der Waals surface area contributed by atoms with Crippen molar-refractivity contribution in [1.82, 2.24) is 10.3 Å². The summed E-state index contributed by atoms with van der Waals surface area (Å²) in [6, 6.07) is 1.95. The number of rotatable bonds is 1.